The van der Waals surface area contributed by atoms with Crippen LogP contribution >= 0.6 is 0 Å². The normalized spacial score (nSPS) is 10.2. The highest BCUT2D eigenvalue weighted by molar-refractivity contribution is 6.00. The second-order valence-corrected chi connectivity index (χ2v) is 4.47. The summed E-state index contributed by atoms with van der Waals surface area (Å²) in [5, 5.41) is 5.01. The van der Waals surface area contributed by atoms with Gasteiger partial charge in [0.05, 0.1) is 5.69 Å². The van der Waals surface area contributed by atoms with E-state index in [1.54, 1.807) is 0 Å². The first-order chi connectivity index (χ1) is 9.47. The number of hydrogen-bond donors (Lipinski definition) is 2. The van der Waals surface area contributed by atoms with Crippen molar-refractivity contribution in [2.45, 2.75) is 13.8 Å². The SMILES string of the molecule is Cc1cccc(C)c1NC(=O)Nc1ccc(F)cc1F. The van der Waals surface area contributed by atoms with Crippen LogP contribution in [0.2, 0.25) is 0 Å². The maximum absolute atomic E-state index is 13.4. The largest absolute Gasteiger partial charge is 0.323 e. The molecule has 0 aliphatic heterocycles. The van der Waals surface area contributed by atoms with Crippen molar-refractivity contribution in [1.29, 1.82) is 0 Å². The molecule has 0 aliphatic carbocycles. The van der Waals surface area contributed by atoms with E-state index in [0.717, 1.165) is 17.2 Å². The Bertz CT molecular complexity index is 636. The number of hydrogen-bond acceptors (Lipinski definition) is 1. The minimum absolute atomic E-state index is 0.0739. The first-order valence-corrected chi connectivity index (χ1v) is 6.06. The van der Waals surface area contributed by atoms with E-state index in [9.17, 15) is 13.6 Å². The van der Waals surface area contributed by atoms with Gasteiger partial charge < -0.3 is 10.6 Å². The molecule has 0 bridgehead atoms. The van der Waals surface area contributed by atoms with Gasteiger partial charge in [-0.2, -0.15) is 0 Å². The van der Waals surface area contributed by atoms with E-state index >= 15 is 0 Å². The van der Waals surface area contributed by atoms with Gasteiger partial charge in [-0.05, 0) is 37.1 Å². The first-order valence-electron chi connectivity index (χ1n) is 6.06. The molecule has 0 atom stereocenters. The number of nitrogens with one attached hydrogen (secondary N) is 2. The maximum atomic E-state index is 13.4. The molecule has 3 nitrogen and oxygen atoms in total. The van der Waals surface area contributed by atoms with Crippen LogP contribution < -0.4 is 10.6 Å². The van der Waals surface area contributed by atoms with Gasteiger partial charge in [-0.3, -0.25) is 0 Å². The summed E-state index contributed by atoms with van der Waals surface area (Å²) < 4.78 is 26.2. The molecule has 2 amide bonds. The molecular formula is C15H14F2N2O. The summed E-state index contributed by atoms with van der Waals surface area (Å²) in [6, 6.07) is 8.00. The van der Waals surface area contributed by atoms with Gasteiger partial charge in [0.2, 0.25) is 0 Å². The Labute approximate surface area is 115 Å². The van der Waals surface area contributed by atoms with Crippen molar-refractivity contribution < 1.29 is 13.6 Å². The number of benzene rings is 2. The molecule has 2 N–H and O–H groups in total. The molecule has 2 rings (SSSR count). The maximum Gasteiger partial charge on any atom is 0.323 e. The number of carbonyl (C=O) groups is 1. The van der Waals surface area contributed by atoms with Crippen molar-refractivity contribution in [2.24, 2.45) is 0 Å². The van der Waals surface area contributed by atoms with Gasteiger partial charge in [0, 0.05) is 11.8 Å². The van der Waals surface area contributed by atoms with Crippen molar-refractivity contribution >= 4 is 17.4 Å². The van der Waals surface area contributed by atoms with E-state index < -0.39 is 17.7 Å². The molecule has 2 aromatic rings. The van der Waals surface area contributed by atoms with Gasteiger partial charge >= 0.3 is 6.03 Å². The van der Waals surface area contributed by atoms with Crippen molar-refractivity contribution in [3.63, 3.8) is 0 Å². The van der Waals surface area contributed by atoms with Gasteiger partial charge in [0.15, 0.2) is 0 Å². The lowest BCUT2D eigenvalue weighted by molar-refractivity contribution is 0.262. The zero-order valence-corrected chi connectivity index (χ0v) is 11.1. The molecule has 2 aromatic carbocycles. The van der Waals surface area contributed by atoms with Crippen molar-refractivity contribution in [2.75, 3.05) is 10.6 Å². The van der Waals surface area contributed by atoms with Crippen molar-refractivity contribution in [3.8, 4) is 0 Å². The topological polar surface area (TPSA) is 41.1 Å². The summed E-state index contributed by atoms with van der Waals surface area (Å²) in [6.45, 7) is 3.72. The molecule has 0 heterocycles. The fourth-order valence-electron chi connectivity index (χ4n) is 1.87. The van der Waals surface area contributed by atoms with Crippen LogP contribution in [0.5, 0.6) is 0 Å². The zero-order valence-electron chi connectivity index (χ0n) is 11.1. The number of halogens is 2. The molecule has 104 valence electrons. The van der Waals surface area contributed by atoms with Crippen LogP contribution in [0.3, 0.4) is 0 Å². The monoisotopic (exact) mass is 276 g/mol. The lowest BCUT2D eigenvalue weighted by atomic mass is 10.1. The molecule has 0 aromatic heterocycles. The Balaban J connectivity index is 2.13. The van der Waals surface area contributed by atoms with Crippen molar-refractivity contribution in [3.05, 3.63) is 59.2 Å². The average molecular weight is 276 g/mol. The summed E-state index contributed by atoms with van der Waals surface area (Å²) in [5.41, 5.74) is 2.40. The molecule has 0 saturated carbocycles. The van der Waals surface area contributed by atoms with Crippen molar-refractivity contribution in [1.82, 2.24) is 0 Å². The van der Waals surface area contributed by atoms with E-state index in [0.29, 0.717) is 11.8 Å². The van der Waals surface area contributed by atoms with E-state index in [-0.39, 0.29) is 5.69 Å². The Hall–Kier alpha value is -2.43. The van der Waals surface area contributed by atoms with Gasteiger partial charge in [0.25, 0.3) is 0 Å². The number of anilines is 2. The van der Waals surface area contributed by atoms with E-state index in [1.807, 2.05) is 32.0 Å². The Morgan fingerprint density at radius 1 is 1.00 bits per heavy atom. The second kappa shape index (κ2) is 5.69. The molecule has 0 radical (unpaired) electrons. The van der Waals surface area contributed by atoms with Crippen LogP contribution in [-0.2, 0) is 0 Å². The summed E-state index contributed by atoms with van der Waals surface area (Å²) in [7, 11) is 0. The molecule has 5 heteroatoms. The highest BCUT2D eigenvalue weighted by Gasteiger charge is 2.10. The zero-order chi connectivity index (χ0) is 14.7. The molecule has 0 aliphatic rings. The molecular weight excluding hydrogens is 262 g/mol. The third-order valence-corrected chi connectivity index (χ3v) is 2.90. The van der Waals surface area contributed by atoms with Gasteiger partial charge in [-0.1, -0.05) is 18.2 Å². The Morgan fingerprint density at radius 2 is 1.65 bits per heavy atom. The smallest absolute Gasteiger partial charge is 0.307 e. The minimum Gasteiger partial charge on any atom is -0.307 e. The van der Waals surface area contributed by atoms with Gasteiger partial charge in [-0.15, -0.1) is 0 Å². The fraction of sp³-hybridized carbons (Fsp3) is 0.133. The van der Waals surface area contributed by atoms with Gasteiger partial charge in [-0.25, -0.2) is 13.6 Å². The quantitative estimate of drug-likeness (QED) is 0.847. The molecule has 0 unspecified atom stereocenters. The number of para-hydroxylation sites is 1. The number of aryl methyl sites for hydroxylation is 2. The predicted octanol–water partition coefficient (Wildman–Crippen LogP) is 4.23. The van der Waals surface area contributed by atoms with Crippen LogP contribution in [0.15, 0.2) is 36.4 Å². The molecule has 0 saturated heterocycles. The number of rotatable bonds is 2. The third-order valence-electron chi connectivity index (χ3n) is 2.90. The van der Waals surface area contributed by atoms with E-state index in [1.165, 1.54) is 6.07 Å². The summed E-state index contributed by atoms with van der Waals surface area (Å²) in [6.07, 6.45) is 0. The first kappa shape index (κ1) is 14.0. The van der Waals surface area contributed by atoms with Crippen LogP contribution in [0.4, 0.5) is 25.0 Å². The van der Waals surface area contributed by atoms with Gasteiger partial charge in [0.1, 0.15) is 11.6 Å². The van der Waals surface area contributed by atoms with Crippen LogP contribution in [0, 0.1) is 25.5 Å². The molecule has 0 spiro atoms. The van der Waals surface area contributed by atoms with Crippen LogP contribution in [0.1, 0.15) is 11.1 Å². The third kappa shape index (κ3) is 3.12. The Morgan fingerprint density at radius 3 is 2.25 bits per heavy atom. The fourth-order valence-corrected chi connectivity index (χ4v) is 1.87. The van der Waals surface area contributed by atoms with Crippen LogP contribution in [0.25, 0.3) is 0 Å². The second-order valence-electron chi connectivity index (χ2n) is 4.47. The lowest BCUT2D eigenvalue weighted by Gasteiger charge is -2.12. The van der Waals surface area contributed by atoms with E-state index in [2.05, 4.69) is 10.6 Å². The number of urea groups is 1. The molecule has 20 heavy (non-hydrogen) atoms. The summed E-state index contributed by atoms with van der Waals surface area (Å²) >= 11 is 0. The summed E-state index contributed by atoms with van der Waals surface area (Å²) in [4.78, 5) is 11.8. The highest BCUT2D eigenvalue weighted by atomic mass is 19.1. The number of carbonyl (C=O) groups excluding carboxylic acids is 1. The number of amides is 2. The predicted molar refractivity (Wildman–Crippen MR) is 74.9 cm³/mol. The lowest BCUT2D eigenvalue weighted by Crippen LogP contribution is -2.21. The molecule has 0 fully saturated rings. The minimum atomic E-state index is -0.818. The average Bonchev–Trinajstić information content (AvgIpc) is 2.37. The standard InChI is InChI=1S/C15H14F2N2O/c1-9-4-3-5-10(2)14(9)19-15(20)18-13-7-6-11(16)8-12(13)17/h3-8H,1-2H3,(H2,18,19,20). The van der Waals surface area contributed by atoms with Crippen LogP contribution in [-0.4, -0.2) is 6.03 Å². The highest BCUT2D eigenvalue weighted by Crippen LogP contribution is 2.20. The van der Waals surface area contributed by atoms with E-state index in [4.69, 9.17) is 0 Å². The Kier molecular flexibility index (Phi) is 3.98. The summed E-state index contributed by atoms with van der Waals surface area (Å²) in [5.74, 6) is -1.51.